The number of nitro benzene ring substituents is 1. The molecule has 0 aliphatic rings. The Morgan fingerprint density at radius 3 is 2.52 bits per heavy atom. The van der Waals surface area contributed by atoms with Crippen LogP contribution in [0.2, 0.25) is 5.02 Å². The van der Waals surface area contributed by atoms with E-state index in [2.05, 4.69) is 10.6 Å². The van der Waals surface area contributed by atoms with E-state index in [0.29, 0.717) is 4.90 Å². The summed E-state index contributed by atoms with van der Waals surface area (Å²) in [6, 6.07) is 6.99. The van der Waals surface area contributed by atoms with Gasteiger partial charge in [-0.1, -0.05) is 11.6 Å². The predicted octanol–water partition coefficient (Wildman–Crippen LogP) is 5.04. The third-order valence-electron chi connectivity index (χ3n) is 3.41. The Kier molecular flexibility index (Phi) is 6.55. The number of thioether (sulfide) groups is 1. The molecule has 2 N–H and O–H groups in total. The molecule has 0 aliphatic heterocycles. The van der Waals surface area contributed by atoms with Crippen LogP contribution in [0.4, 0.5) is 30.2 Å². The van der Waals surface area contributed by atoms with Crippen molar-refractivity contribution in [3.8, 4) is 0 Å². The molecule has 0 atom stereocenters. The summed E-state index contributed by atoms with van der Waals surface area (Å²) in [4.78, 5) is 23.2. The topological polar surface area (TPSA) is 84.3 Å². The lowest BCUT2D eigenvalue weighted by Gasteiger charge is -2.12. The molecule has 0 spiro atoms. The van der Waals surface area contributed by atoms with Crippen molar-refractivity contribution >= 4 is 46.3 Å². The summed E-state index contributed by atoms with van der Waals surface area (Å²) in [6.45, 7) is -0.397. The summed E-state index contributed by atoms with van der Waals surface area (Å²) in [5.41, 5.74) is -1.26. The molecule has 0 fully saturated rings. The molecule has 27 heavy (non-hydrogen) atoms. The van der Waals surface area contributed by atoms with E-state index in [1.165, 1.54) is 23.9 Å². The zero-order valence-electron chi connectivity index (χ0n) is 13.8. The fourth-order valence-corrected chi connectivity index (χ4v) is 2.70. The normalized spacial score (nSPS) is 11.1. The van der Waals surface area contributed by atoms with Crippen LogP contribution in [0.15, 0.2) is 41.3 Å². The SMILES string of the molecule is CSc1ccc(NCC(=O)Nc2cc(C(F)(F)F)ccc2Cl)c([N+](=O)[O-])c1. The van der Waals surface area contributed by atoms with Crippen molar-refractivity contribution in [1.82, 2.24) is 0 Å². The fraction of sp³-hybridized carbons (Fsp3) is 0.188. The van der Waals surface area contributed by atoms with Gasteiger partial charge >= 0.3 is 6.18 Å². The number of rotatable bonds is 6. The van der Waals surface area contributed by atoms with Crippen LogP contribution in [-0.4, -0.2) is 23.6 Å². The molecule has 0 heterocycles. The third-order valence-corrected chi connectivity index (χ3v) is 4.46. The quantitative estimate of drug-likeness (QED) is 0.389. The summed E-state index contributed by atoms with van der Waals surface area (Å²) < 4.78 is 38.3. The molecule has 6 nitrogen and oxygen atoms in total. The number of nitrogens with zero attached hydrogens (tertiary/aromatic N) is 1. The standard InChI is InChI=1S/C16H13ClF3N3O3S/c1-27-10-3-5-12(14(7-10)23(25)26)21-8-15(24)22-13-6-9(16(18,19)20)2-4-11(13)17/h2-7,21H,8H2,1H3,(H,22,24). The maximum atomic E-state index is 12.8. The second kappa shape index (κ2) is 8.49. The van der Waals surface area contributed by atoms with E-state index in [0.717, 1.165) is 18.2 Å². The molecule has 1 amide bonds. The lowest BCUT2D eigenvalue weighted by molar-refractivity contribution is -0.384. The maximum absolute atomic E-state index is 12.8. The molecule has 0 radical (unpaired) electrons. The third kappa shape index (κ3) is 5.51. The Balaban J connectivity index is 2.11. The molecule has 0 unspecified atom stereocenters. The smallest absolute Gasteiger partial charge is 0.371 e. The Morgan fingerprint density at radius 2 is 1.93 bits per heavy atom. The Bertz CT molecular complexity index is 878. The van der Waals surface area contributed by atoms with Crippen LogP contribution in [0.3, 0.4) is 0 Å². The number of nitrogens with one attached hydrogen (secondary N) is 2. The number of halogens is 4. The van der Waals surface area contributed by atoms with Gasteiger partial charge in [0.2, 0.25) is 5.91 Å². The molecular weight excluding hydrogens is 407 g/mol. The van der Waals surface area contributed by atoms with Crippen molar-refractivity contribution in [3.05, 3.63) is 57.1 Å². The Hall–Kier alpha value is -2.46. The molecule has 0 bridgehead atoms. The second-order valence-corrected chi connectivity index (χ2v) is 6.52. The first kappa shape index (κ1) is 20.8. The van der Waals surface area contributed by atoms with Gasteiger partial charge in [-0.05, 0) is 36.6 Å². The molecule has 144 valence electrons. The van der Waals surface area contributed by atoms with Crippen molar-refractivity contribution in [2.75, 3.05) is 23.4 Å². The van der Waals surface area contributed by atoms with Crippen molar-refractivity contribution in [2.24, 2.45) is 0 Å². The van der Waals surface area contributed by atoms with Crippen molar-refractivity contribution in [1.29, 1.82) is 0 Å². The highest BCUT2D eigenvalue weighted by molar-refractivity contribution is 7.98. The number of benzene rings is 2. The van der Waals surface area contributed by atoms with Gasteiger partial charge in [-0.15, -0.1) is 11.8 Å². The predicted molar refractivity (Wildman–Crippen MR) is 98.5 cm³/mol. The van der Waals surface area contributed by atoms with Gasteiger partial charge in [0.15, 0.2) is 0 Å². The van der Waals surface area contributed by atoms with Crippen LogP contribution < -0.4 is 10.6 Å². The highest BCUT2D eigenvalue weighted by Gasteiger charge is 2.31. The summed E-state index contributed by atoms with van der Waals surface area (Å²) in [5.74, 6) is -0.709. The number of nitro groups is 1. The minimum absolute atomic E-state index is 0.0633. The molecule has 11 heteroatoms. The van der Waals surface area contributed by atoms with E-state index in [1.807, 2.05) is 0 Å². The lowest BCUT2D eigenvalue weighted by Crippen LogP contribution is -2.22. The first-order valence-corrected chi connectivity index (χ1v) is 8.95. The van der Waals surface area contributed by atoms with Crippen molar-refractivity contribution in [2.45, 2.75) is 11.1 Å². The zero-order chi connectivity index (χ0) is 20.2. The van der Waals surface area contributed by atoms with Crippen LogP contribution in [-0.2, 0) is 11.0 Å². The lowest BCUT2D eigenvalue weighted by atomic mass is 10.2. The van der Waals surface area contributed by atoms with E-state index < -0.39 is 29.1 Å². The van der Waals surface area contributed by atoms with E-state index >= 15 is 0 Å². The maximum Gasteiger partial charge on any atom is 0.416 e. The minimum atomic E-state index is -4.58. The summed E-state index contributed by atoms with van der Waals surface area (Å²) in [6.07, 6.45) is -2.82. The van der Waals surface area contributed by atoms with Gasteiger partial charge in [-0.3, -0.25) is 14.9 Å². The van der Waals surface area contributed by atoms with Gasteiger partial charge in [-0.2, -0.15) is 13.2 Å². The molecular formula is C16H13ClF3N3O3S. The number of amides is 1. The van der Waals surface area contributed by atoms with Crippen LogP contribution in [0.25, 0.3) is 0 Å². The number of carbonyl (C=O) groups is 1. The van der Waals surface area contributed by atoms with Crippen LogP contribution in [0.1, 0.15) is 5.56 Å². The van der Waals surface area contributed by atoms with E-state index in [-0.39, 0.29) is 22.1 Å². The van der Waals surface area contributed by atoms with Gasteiger partial charge in [0.05, 0.1) is 27.7 Å². The Labute approximate surface area is 161 Å². The van der Waals surface area contributed by atoms with E-state index in [9.17, 15) is 28.1 Å². The molecule has 2 aromatic carbocycles. The van der Waals surface area contributed by atoms with Gasteiger partial charge < -0.3 is 10.6 Å². The molecule has 0 aromatic heterocycles. The second-order valence-electron chi connectivity index (χ2n) is 5.23. The van der Waals surface area contributed by atoms with Crippen LogP contribution in [0.5, 0.6) is 0 Å². The molecule has 2 rings (SSSR count). The first-order chi connectivity index (χ1) is 12.6. The van der Waals surface area contributed by atoms with Crippen LogP contribution >= 0.6 is 23.4 Å². The van der Waals surface area contributed by atoms with Crippen LogP contribution in [0, 0.1) is 10.1 Å². The zero-order valence-corrected chi connectivity index (χ0v) is 15.3. The number of hydrogen-bond acceptors (Lipinski definition) is 5. The average Bonchev–Trinajstić information content (AvgIpc) is 2.60. The molecule has 0 saturated carbocycles. The van der Waals surface area contributed by atoms with Gasteiger partial charge in [0.1, 0.15) is 5.69 Å². The Morgan fingerprint density at radius 1 is 1.22 bits per heavy atom. The molecule has 0 saturated heterocycles. The van der Waals surface area contributed by atoms with Gasteiger partial charge in [-0.25, -0.2) is 0 Å². The summed E-state index contributed by atoms with van der Waals surface area (Å²) in [5, 5.41) is 15.9. The minimum Gasteiger partial charge on any atom is -0.371 e. The van der Waals surface area contributed by atoms with E-state index in [1.54, 1.807) is 12.3 Å². The fourth-order valence-electron chi connectivity index (χ4n) is 2.11. The van der Waals surface area contributed by atoms with Gasteiger partial charge in [0.25, 0.3) is 5.69 Å². The van der Waals surface area contributed by atoms with Crippen molar-refractivity contribution in [3.63, 3.8) is 0 Å². The number of carbonyl (C=O) groups excluding carboxylic acids is 1. The van der Waals surface area contributed by atoms with Gasteiger partial charge in [0, 0.05) is 11.0 Å². The average molecular weight is 420 g/mol. The number of hydrogen-bond donors (Lipinski definition) is 2. The van der Waals surface area contributed by atoms with E-state index in [4.69, 9.17) is 11.6 Å². The monoisotopic (exact) mass is 419 g/mol. The highest BCUT2D eigenvalue weighted by atomic mass is 35.5. The number of anilines is 2. The molecule has 0 aliphatic carbocycles. The first-order valence-electron chi connectivity index (χ1n) is 7.34. The summed E-state index contributed by atoms with van der Waals surface area (Å²) >= 11 is 7.14. The largest absolute Gasteiger partial charge is 0.416 e. The summed E-state index contributed by atoms with van der Waals surface area (Å²) in [7, 11) is 0. The number of alkyl halides is 3. The highest BCUT2D eigenvalue weighted by Crippen LogP contribution is 2.34. The molecule has 2 aromatic rings. The van der Waals surface area contributed by atoms with Crippen molar-refractivity contribution < 1.29 is 22.9 Å².